The second kappa shape index (κ2) is 7.91. The van der Waals surface area contributed by atoms with Gasteiger partial charge >= 0.3 is 24.2 Å². The molecule has 0 atom stereocenters. The van der Waals surface area contributed by atoms with Crippen molar-refractivity contribution >= 4 is 24.2 Å². The highest BCUT2D eigenvalue weighted by Gasteiger charge is 2.12. The summed E-state index contributed by atoms with van der Waals surface area (Å²) in [5.41, 5.74) is 0. The van der Waals surface area contributed by atoms with Crippen LogP contribution in [0.1, 0.15) is 12.8 Å². The molecular weight excluding hydrogens is 240 g/mol. The molecular formula is C8H10O9. The van der Waals surface area contributed by atoms with Crippen molar-refractivity contribution in [2.24, 2.45) is 0 Å². The third kappa shape index (κ3) is 9.97. The molecule has 0 aromatic rings. The Hall–Kier alpha value is -2.32. The van der Waals surface area contributed by atoms with Gasteiger partial charge in [-0.25, -0.2) is 9.59 Å². The summed E-state index contributed by atoms with van der Waals surface area (Å²) in [6, 6.07) is 0. The van der Waals surface area contributed by atoms with Crippen molar-refractivity contribution < 1.29 is 43.6 Å². The van der Waals surface area contributed by atoms with E-state index >= 15 is 0 Å². The second-order valence-electron chi connectivity index (χ2n) is 2.57. The fraction of sp³-hybridized carbons (Fsp3) is 0.500. The van der Waals surface area contributed by atoms with Crippen LogP contribution < -0.4 is 0 Å². The SMILES string of the molecule is O=C(O)OCCC(=O)OC(=O)CCOC(=O)O. The number of hydrogen-bond acceptors (Lipinski definition) is 7. The predicted molar refractivity (Wildman–Crippen MR) is 48.3 cm³/mol. The first-order chi connectivity index (χ1) is 7.91. The fourth-order valence-corrected chi connectivity index (χ4v) is 0.672. The third-order valence-electron chi connectivity index (χ3n) is 1.29. The summed E-state index contributed by atoms with van der Waals surface area (Å²) < 4.78 is 12.2. The molecule has 0 aliphatic rings. The molecule has 0 heterocycles. The van der Waals surface area contributed by atoms with Gasteiger partial charge < -0.3 is 24.4 Å². The molecule has 9 heteroatoms. The van der Waals surface area contributed by atoms with E-state index in [-0.39, 0.29) is 0 Å². The Balaban J connectivity index is 3.62. The topological polar surface area (TPSA) is 136 Å². The monoisotopic (exact) mass is 250 g/mol. The van der Waals surface area contributed by atoms with Gasteiger partial charge in [0.05, 0.1) is 12.8 Å². The molecule has 9 nitrogen and oxygen atoms in total. The van der Waals surface area contributed by atoms with Crippen molar-refractivity contribution in [2.75, 3.05) is 13.2 Å². The van der Waals surface area contributed by atoms with E-state index in [0.717, 1.165) is 0 Å². The number of esters is 2. The van der Waals surface area contributed by atoms with Crippen LogP contribution in [0.5, 0.6) is 0 Å². The molecule has 0 saturated heterocycles. The lowest BCUT2D eigenvalue weighted by Gasteiger charge is -2.02. The quantitative estimate of drug-likeness (QED) is 0.385. The zero-order valence-electron chi connectivity index (χ0n) is 8.58. The van der Waals surface area contributed by atoms with Gasteiger partial charge in [-0.05, 0) is 0 Å². The first kappa shape index (κ1) is 14.7. The Labute approximate surface area is 94.9 Å². The van der Waals surface area contributed by atoms with E-state index in [9.17, 15) is 19.2 Å². The maximum atomic E-state index is 10.9. The molecule has 2 N–H and O–H groups in total. The van der Waals surface area contributed by atoms with Crippen LogP contribution in [0.15, 0.2) is 0 Å². The summed E-state index contributed by atoms with van der Waals surface area (Å²) in [6.45, 7) is -0.847. The molecule has 0 saturated carbocycles. The lowest BCUT2D eigenvalue weighted by atomic mass is 10.4. The van der Waals surface area contributed by atoms with E-state index in [4.69, 9.17) is 10.2 Å². The Morgan fingerprint density at radius 1 is 0.765 bits per heavy atom. The molecule has 0 aromatic heterocycles. The van der Waals surface area contributed by atoms with Crippen molar-refractivity contribution in [3.05, 3.63) is 0 Å². The van der Waals surface area contributed by atoms with Crippen LogP contribution in [0.3, 0.4) is 0 Å². The first-order valence-corrected chi connectivity index (χ1v) is 4.36. The van der Waals surface area contributed by atoms with Gasteiger partial charge in [-0.15, -0.1) is 0 Å². The van der Waals surface area contributed by atoms with Crippen LogP contribution >= 0.6 is 0 Å². The molecule has 0 rings (SSSR count). The second-order valence-corrected chi connectivity index (χ2v) is 2.57. The molecule has 0 aromatic carbocycles. The summed E-state index contributed by atoms with van der Waals surface area (Å²) in [6.07, 6.45) is -3.90. The van der Waals surface area contributed by atoms with Crippen LogP contribution in [-0.2, 0) is 23.8 Å². The van der Waals surface area contributed by atoms with Crippen LogP contribution in [-0.4, -0.2) is 47.7 Å². The Kier molecular flexibility index (Phi) is 6.83. The lowest BCUT2D eigenvalue weighted by molar-refractivity contribution is -0.160. The molecule has 0 spiro atoms. The van der Waals surface area contributed by atoms with Crippen LogP contribution in [0.25, 0.3) is 0 Å². The molecule has 0 amide bonds. The van der Waals surface area contributed by atoms with Gasteiger partial charge in [-0.3, -0.25) is 9.59 Å². The van der Waals surface area contributed by atoms with Gasteiger partial charge in [0.2, 0.25) is 0 Å². The average Bonchev–Trinajstić information content (AvgIpc) is 2.15. The van der Waals surface area contributed by atoms with E-state index in [2.05, 4.69) is 14.2 Å². The number of hydrogen-bond donors (Lipinski definition) is 2. The number of ether oxygens (including phenoxy) is 3. The number of carboxylic acid groups (broad SMARTS) is 2. The van der Waals surface area contributed by atoms with E-state index in [1.165, 1.54) is 0 Å². The molecule has 0 fully saturated rings. The minimum absolute atomic E-state index is 0.405. The number of carbonyl (C=O) groups is 4. The van der Waals surface area contributed by atoms with Gasteiger partial charge in [0.25, 0.3) is 0 Å². The summed E-state index contributed by atoms with van der Waals surface area (Å²) in [5.74, 6) is -1.93. The smallest absolute Gasteiger partial charge is 0.450 e. The van der Waals surface area contributed by atoms with Crippen molar-refractivity contribution in [3.63, 3.8) is 0 Å². The lowest BCUT2D eigenvalue weighted by Crippen LogP contribution is -2.17. The number of rotatable bonds is 6. The molecule has 96 valence electrons. The molecule has 0 aliphatic carbocycles. The summed E-state index contributed by atoms with van der Waals surface area (Å²) >= 11 is 0. The van der Waals surface area contributed by atoms with E-state index in [0.29, 0.717) is 0 Å². The Morgan fingerprint density at radius 2 is 1.12 bits per heavy atom. The summed E-state index contributed by atoms with van der Waals surface area (Å²) in [7, 11) is 0. The molecule has 17 heavy (non-hydrogen) atoms. The van der Waals surface area contributed by atoms with Crippen LogP contribution in [0.4, 0.5) is 9.59 Å². The average molecular weight is 250 g/mol. The van der Waals surface area contributed by atoms with Gasteiger partial charge in [-0.2, -0.15) is 0 Å². The molecule has 0 aliphatic heterocycles. The van der Waals surface area contributed by atoms with E-state index in [1.54, 1.807) is 0 Å². The Bertz CT molecular complexity index is 278. The fourth-order valence-electron chi connectivity index (χ4n) is 0.672. The van der Waals surface area contributed by atoms with Crippen LogP contribution in [0, 0.1) is 0 Å². The molecule has 0 radical (unpaired) electrons. The summed E-state index contributed by atoms with van der Waals surface area (Å²) in [4.78, 5) is 41.5. The highest BCUT2D eigenvalue weighted by Crippen LogP contribution is 1.94. The Morgan fingerprint density at radius 3 is 1.41 bits per heavy atom. The van der Waals surface area contributed by atoms with Gasteiger partial charge in [-0.1, -0.05) is 0 Å². The van der Waals surface area contributed by atoms with Crippen LogP contribution in [0.2, 0.25) is 0 Å². The van der Waals surface area contributed by atoms with Crippen molar-refractivity contribution in [1.82, 2.24) is 0 Å². The minimum atomic E-state index is -1.54. The highest BCUT2D eigenvalue weighted by molar-refractivity contribution is 5.85. The first-order valence-electron chi connectivity index (χ1n) is 4.36. The largest absolute Gasteiger partial charge is 0.505 e. The van der Waals surface area contributed by atoms with Gasteiger partial charge in [0, 0.05) is 0 Å². The molecule has 0 unspecified atom stereocenters. The zero-order valence-corrected chi connectivity index (χ0v) is 8.58. The third-order valence-corrected chi connectivity index (χ3v) is 1.29. The van der Waals surface area contributed by atoms with Crippen molar-refractivity contribution in [1.29, 1.82) is 0 Å². The van der Waals surface area contributed by atoms with E-state index in [1.807, 2.05) is 0 Å². The highest BCUT2D eigenvalue weighted by atomic mass is 16.7. The molecule has 0 bridgehead atoms. The van der Waals surface area contributed by atoms with Crippen molar-refractivity contribution in [3.8, 4) is 0 Å². The standard InChI is InChI=1S/C8H10O9/c9-5(1-3-15-7(11)12)17-6(10)2-4-16-8(13)14/h1-4H2,(H,11,12)(H,13,14). The maximum Gasteiger partial charge on any atom is 0.505 e. The van der Waals surface area contributed by atoms with Crippen molar-refractivity contribution in [2.45, 2.75) is 12.8 Å². The minimum Gasteiger partial charge on any atom is -0.450 e. The zero-order chi connectivity index (χ0) is 13.3. The summed E-state index contributed by atoms with van der Waals surface area (Å²) in [5, 5.41) is 16.1. The van der Waals surface area contributed by atoms with E-state index < -0.39 is 50.3 Å². The normalized spacial score (nSPS) is 9.18. The predicted octanol–water partition coefficient (Wildman–Crippen LogP) is 0.226. The number of carbonyl (C=O) groups excluding carboxylic acids is 2. The van der Waals surface area contributed by atoms with Gasteiger partial charge in [0.15, 0.2) is 0 Å². The van der Waals surface area contributed by atoms with Gasteiger partial charge in [0.1, 0.15) is 13.2 Å². The maximum absolute atomic E-state index is 10.9.